The molecule has 0 saturated carbocycles. The summed E-state index contributed by atoms with van der Waals surface area (Å²) >= 11 is 6.25. The Balaban J connectivity index is 1.81. The highest BCUT2D eigenvalue weighted by molar-refractivity contribution is 6.31. The Bertz CT molecular complexity index is 752. The van der Waals surface area contributed by atoms with E-state index in [-0.39, 0.29) is 24.3 Å². The quantitative estimate of drug-likeness (QED) is 0.852. The maximum absolute atomic E-state index is 14.4. The highest BCUT2D eigenvalue weighted by Crippen LogP contribution is 2.32. The molecule has 3 N–H and O–H groups in total. The Morgan fingerprint density at radius 1 is 1.44 bits per heavy atom. The summed E-state index contributed by atoms with van der Waals surface area (Å²) in [5.74, 6) is -0.402. The van der Waals surface area contributed by atoms with Crippen molar-refractivity contribution in [3.8, 4) is 0 Å². The molecule has 1 aromatic carbocycles. The lowest BCUT2D eigenvalue weighted by molar-refractivity contribution is 0.0938. The molecule has 2 heterocycles. The van der Waals surface area contributed by atoms with Crippen LogP contribution in [0.15, 0.2) is 24.4 Å². The summed E-state index contributed by atoms with van der Waals surface area (Å²) in [5, 5.41) is 7.18. The van der Waals surface area contributed by atoms with Crippen molar-refractivity contribution in [2.45, 2.75) is 18.9 Å². The van der Waals surface area contributed by atoms with Crippen molar-refractivity contribution >= 4 is 23.3 Å². The second-order valence-electron chi connectivity index (χ2n) is 6.17. The van der Waals surface area contributed by atoms with Crippen LogP contribution in [-0.2, 0) is 7.05 Å². The monoisotopic (exact) mass is 365 g/mol. The second-order valence-corrected chi connectivity index (χ2v) is 6.58. The van der Waals surface area contributed by atoms with Crippen LogP contribution < -0.4 is 11.1 Å². The maximum Gasteiger partial charge on any atom is 0.256 e. The Hall–Kier alpha value is -2.12. The molecule has 1 saturated heterocycles. The lowest BCUT2D eigenvalue weighted by Gasteiger charge is -2.29. The van der Waals surface area contributed by atoms with E-state index in [2.05, 4.69) is 15.3 Å². The van der Waals surface area contributed by atoms with E-state index in [1.807, 2.05) is 0 Å². The van der Waals surface area contributed by atoms with Crippen LogP contribution in [0, 0.1) is 5.82 Å². The molecule has 0 spiro atoms. The summed E-state index contributed by atoms with van der Waals surface area (Å²) in [5.41, 5.74) is 6.57. The first-order valence-electron chi connectivity index (χ1n) is 8.22. The zero-order chi connectivity index (χ0) is 18.0. The van der Waals surface area contributed by atoms with Crippen LogP contribution in [0.3, 0.4) is 0 Å². The number of anilines is 1. The molecule has 1 unspecified atom stereocenters. The molecule has 0 radical (unpaired) electrons. The molecule has 1 fully saturated rings. The number of likely N-dealkylation sites (tertiary alicyclic amines) is 1. The number of hydrogen-bond acceptors (Lipinski definition) is 4. The van der Waals surface area contributed by atoms with Crippen molar-refractivity contribution in [3.05, 3.63) is 46.4 Å². The summed E-state index contributed by atoms with van der Waals surface area (Å²) in [6.45, 7) is 1.94. The molecule has 2 aromatic rings. The summed E-state index contributed by atoms with van der Waals surface area (Å²) in [6.07, 6.45) is 3.52. The SMILES string of the molecule is Cn1ncc(C(=O)NCC(c2c(F)cccc2Cl)N2CCCC2)c1N. The Labute approximate surface area is 150 Å². The van der Waals surface area contributed by atoms with Gasteiger partial charge in [0.2, 0.25) is 0 Å². The summed E-state index contributed by atoms with van der Waals surface area (Å²) in [4.78, 5) is 14.6. The third-order valence-electron chi connectivity index (χ3n) is 4.60. The molecular weight excluding hydrogens is 345 g/mol. The normalized spacial score (nSPS) is 16.1. The van der Waals surface area contributed by atoms with Gasteiger partial charge in [0.15, 0.2) is 0 Å². The first-order valence-corrected chi connectivity index (χ1v) is 8.60. The fraction of sp³-hybridized carbons (Fsp3) is 0.412. The van der Waals surface area contributed by atoms with E-state index in [1.165, 1.54) is 16.9 Å². The van der Waals surface area contributed by atoms with E-state index in [0.29, 0.717) is 22.0 Å². The lowest BCUT2D eigenvalue weighted by atomic mass is 10.0. The number of halogens is 2. The van der Waals surface area contributed by atoms with Crippen LogP contribution in [0.4, 0.5) is 10.2 Å². The van der Waals surface area contributed by atoms with Gasteiger partial charge in [-0.15, -0.1) is 0 Å². The van der Waals surface area contributed by atoms with Gasteiger partial charge in [0.1, 0.15) is 17.2 Å². The number of benzene rings is 1. The van der Waals surface area contributed by atoms with Gasteiger partial charge in [-0.2, -0.15) is 5.10 Å². The number of nitrogens with zero attached hydrogens (tertiary/aromatic N) is 3. The van der Waals surface area contributed by atoms with Gasteiger partial charge in [-0.25, -0.2) is 4.39 Å². The van der Waals surface area contributed by atoms with Crippen LogP contribution in [0.5, 0.6) is 0 Å². The van der Waals surface area contributed by atoms with Crippen molar-refractivity contribution in [2.75, 3.05) is 25.4 Å². The highest BCUT2D eigenvalue weighted by Gasteiger charge is 2.28. The fourth-order valence-electron chi connectivity index (χ4n) is 3.20. The van der Waals surface area contributed by atoms with E-state index in [1.54, 1.807) is 19.2 Å². The average molecular weight is 366 g/mol. The summed E-state index contributed by atoms with van der Waals surface area (Å²) < 4.78 is 15.8. The third-order valence-corrected chi connectivity index (χ3v) is 4.93. The topological polar surface area (TPSA) is 76.2 Å². The molecule has 1 atom stereocenters. The van der Waals surface area contributed by atoms with E-state index < -0.39 is 0 Å². The van der Waals surface area contributed by atoms with Crippen LogP contribution in [0.2, 0.25) is 5.02 Å². The molecule has 0 aliphatic carbocycles. The number of amides is 1. The molecule has 1 aromatic heterocycles. The zero-order valence-electron chi connectivity index (χ0n) is 14.0. The molecule has 25 heavy (non-hydrogen) atoms. The minimum absolute atomic E-state index is 0.244. The number of rotatable bonds is 5. The zero-order valence-corrected chi connectivity index (χ0v) is 14.8. The van der Waals surface area contributed by atoms with Crippen molar-refractivity contribution in [1.29, 1.82) is 0 Å². The Morgan fingerprint density at radius 2 is 2.16 bits per heavy atom. The second kappa shape index (κ2) is 7.41. The van der Waals surface area contributed by atoms with Crippen LogP contribution >= 0.6 is 11.6 Å². The van der Waals surface area contributed by atoms with Gasteiger partial charge in [0.05, 0.1) is 12.2 Å². The largest absolute Gasteiger partial charge is 0.383 e. The first kappa shape index (κ1) is 17.7. The number of hydrogen-bond donors (Lipinski definition) is 2. The minimum Gasteiger partial charge on any atom is -0.383 e. The van der Waals surface area contributed by atoms with E-state index >= 15 is 0 Å². The van der Waals surface area contributed by atoms with Crippen molar-refractivity contribution in [1.82, 2.24) is 20.0 Å². The minimum atomic E-state index is -0.362. The van der Waals surface area contributed by atoms with Crippen LogP contribution in [0.25, 0.3) is 0 Å². The molecule has 3 rings (SSSR count). The molecule has 0 bridgehead atoms. The van der Waals surface area contributed by atoms with E-state index in [0.717, 1.165) is 25.9 Å². The van der Waals surface area contributed by atoms with Crippen LogP contribution in [-0.4, -0.2) is 40.2 Å². The van der Waals surface area contributed by atoms with E-state index in [4.69, 9.17) is 17.3 Å². The number of aromatic nitrogens is 2. The number of aryl methyl sites for hydroxylation is 1. The average Bonchev–Trinajstić information content (AvgIpc) is 3.21. The van der Waals surface area contributed by atoms with Crippen molar-refractivity contribution in [3.63, 3.8) is 0 Å². The third kappa shape index (κ3) is 3.62. The molecule has 8 heteroatoms. The number of carbonyl (C=O) groups is 1. The molecule has 6 nitrogen and oxygen atoms in total. The van der Waals surface area contributed by atoms with Gasteiger partial charge in [0.25, 0.3) is 5.91 Å². The van der Waals surface area contributed by atoms with Gasteiger partial charge < -0.3 is 11.1 Å². The summed E-state index contributed by atoms with van der Waals surface area (Å²) in [7, 11) is 1.66. The van der Waals surface area contributed by atoms with Gasteiger partial charge in [-0.1, -0.05) is 17.7 Å². The molecular formula is C17H21ClFN5O. The smallest absolute Gasteiger partial charge is 0.256 e. The predicted octanol–water partition coefficient (Wildman–Crippen LogP) is 2.36. The predicted molar refractivity (Wildman–Crippen MR) is 94.9 cm³/mol. The number of carbonyl (C=O) groups excluding carboxylic acids is 1. The summed E-state index contributed by atoms with van der Waals surface area (Å²) in [6, 6.07) is 4.32. The first-order chi connectivity index (χ1) is 12.0. The number of nitrogens with one attached hydrogen (secondary N) is 1. The van der Waals surface area contributed by atoms with Crippen molar-refractivity contribution < 1.29 is 9.18 Å². The van der Waals surface area contributed by atoms with Crippen LogP contribution in [0.1, 0.15) is 34.8 Å². The molecule has 134 valence electrons. The van der Waals surface area contributed by atoms with Crippen molar-refractivity contribution in [2.24, 2.45) is 7.05 Å². The fourth-order valence-corrected chi connectivity index (χ4v) is 3.49. The molecule has 1 amide bonds. The Morgan fingerprint density at radius 3 is 2.76 bits per heavy atom. The maximum atomic E-state index is 14.4. The van der Waals surface area contributed by atoms with Gasteiger partial charge in [-0.05, 0) is 38.1 Å². The Kier molecular flexibility index (Phi) is 5.24. The molecule has 1 aliphatic rings. The van der Waals surface area contributed by atoms with Gasteiger partial charge in [0, 0.05) is 24.2 Å². The van der Waals surface area contributed by atoms with Gasteiger partial charge in [-0.3, -0.25) is 14.4 Å². The van der Waals surface area contributed by atoms with Gasteiger partial charge >= 0.3 is 0 Å². The van der Waals surface area contributed by atoms with E-state index in [9.17, 15) is 9.18 Å². The lowest BCUT2D eigenvalue weighted by Crippen LogP contribution is -2.37. The standard InChI is InChI=1S/C17H21ClFN5O/c1-23-16(20)11(9-22-23)17(25)21-10-14(24-7-2-3-8-24)15-12(18)5-4-6-13(15)19/h4-6,9,14H,2-3,7-8,10,20H2,1H3,(H,21,25). The highest BCUT2D eigenvalue weighted by atomic mass is 35.5. The number of nitrogen functional groups attached to an aromatic ring is 1. The molecule has 1 aliphatic heterocycles. The number of nitrogens with two attached hydrogens (primary N) is 1.